The molecule has 16 heavy (non-hydrogen) atoms. The number of piperazine rings is 1. The summed E-state index contributed by atoms with van der Waals surface area (Å²) in [4.78, 5) is 2.36. The summed E-state index contributed by atoms with van der Waals surface area (Å²) in [7, 11) is 4.16. The van der Waals surface area contributed by atoms with E-state index in [2.05, 4.69) is 33.5 Å². The fourth-order valence-electron chi connectivity index (χ4n) is 1.95. The summed E-state index contributed by atoms with van der Waals surface area (Å²) >= 11 is 0. The van der Waals surface area contributed by atoms with E-state index >= 15 is 0 Å². The molecule has 0 atom stereocenters. The molecule has 1 aromatic rings. The number of aromatic nitrogens is 2. The second-order valence-electron chi connectivity index (χ2n) is 4.39. The van der Waals surface area contributed by atoms with Crippen molar-refractivity contribution in [3.8, 4) is 0 Å². The van der Waals surface area contributed by atoms with Crippen molar-refractivity contribution in [3.05, 3.63) is 18.0 Å². The van der Waals surface area contributed by atoms with Crippen LogP contribution in [-0.2, 0) is 13.5 Å². The van der Waals surface area contributed by atoms with Gasteiger partial charge in [-0.3, -0.25) is 10.1 Å². The first-order valence-corrected chi connectivity index (χ1v) is 5.89. The first-order valence-electron chi connectivity index (χ1n) is 5.89. The number of hydrogen-bond acceptors (Lipinski definition) is 4. The number of likely N-dealkylation sites (N-methyl/N-ethyl adjacent to an activating group) is 1. The van der Waals surface area contributed by atoms with Crippen molar-refractivity contribution in [2.45, 2.75) is 6.42 Å². The quantitative estimate of drug-likeness (QED) is 0.761. The highest BCUT2D eigenvalue weighted by Gasteiger charge is 2.12. The van der Waals surface area contributed by atoms with Crippen molar-refractivity contribution in [2.75, 3.05) is 39.8 Å². The van der Waals surface area contributed by atoms with Crippen LogP contribution in [0.4, 0.5) is 0 Å². The van der Waals surface area contributed by atoms with Crippen LogP contribution in [-0.4, -0.2) is 59.5 Å². The van der Waals surface area contributed by atoms with E-state index in [1.807, 2.05) is 17.9 Å². The van der Waals surface area contributed by atoms with Gasteiger partial charge in [0.1, 0.15) is 0 Å². The summed E-state index contributed by atoms with van der Waals surface area (Å²) in [6.07, 6.45) is 2.88. The first-order chi connectivity index (χ1) is 7.75. The molecule has 1 N–H and O–H groups in total. The Labute approximate surface area is 97.0 Å². The zero-order valence-electron chi connectivity index (χ0n) is 10.2. The predicted octanol–water partition coefficient (Wildman–Crippen LogP) is -0.285. The van der Waals surface area contributed by atoms with Crippen LogP contribution in [0.1, 0.15) is 5.69 Å². The Kier molecular flexibility index (Phi) is 3.93. The number of aryl methyl sites for hydroxylation is 1. The Bertz CT molecular complexity index is 314. The molecule has 5 nitrogen and oxygen atoms in total. The van der Waals surface area contributed by atoms with Crippen molar-refractivity contribution in [3.63, 3.8) is 0 Å². The average Bonchev–Trinajstić information content (AvgIpc) is 2.68. The highest BCUT2D eigenvalue weighted by molar-refractivity contribution is 5.00. The molecule has 0 spiro atoms. The lowest BCUT2D eigenvalue weighted by molar-refractivity contribution is 0.105. The summed E-state index contributed by atoms with van der Waals surface area (Å²) in [5, 5.41) is 6.48. The van der Waals surface area contributed by atoms with Crippen molar-refractivity contribution < 1.29 is 0 Å². The summed E-state index contributed by atoms with van der Waals surface area (Å²) in [5.41, 5.74) is 4.75. The minimum absolute atomic E-state index is 0.989. The lowest BCUT2D eigenvalue weighted by Crippen LogP contribution is -2.51. The van der Waals surface area contributed by atoms with Crippen molar-refractivity contribution in [1.82, 2.24) is 25.1 Å². The van der Waals surface area contributed by atoms with Crippen molar-refractivity contribution in [1.29, 1.82) is 0 Å². The first kappa shape index (κ1) is 11.6. The number of hydrogen-bond donors (Lipinski definition) is 1. The van der Waals surface area contributed by atoms with E-state index in [1.54, 1.807) is 0 Å². The van der Waals surface area contributed by atoms with Crippen LogP contribution < -0.4 is 5.43 Å². The summed E-state index contributed by atoms with van der Waals surface area (Å²) in [6.45, 7) is 5.52. The standard InChI is InChI=1S/C11H21N5/c1-14-7-9-16(10-8-14)13-6-4-11-3-5-12-15(11)2/h3,5,13H,4,6-10H2,1-2H3. The fraction of sp³-hybridized carbons (Fsp3) is 0.727. The third kappa shape index (κ3) is 3.04. The molecule has 0 bridgehead atoms. The predicted molar refractivity (Wildman–Crippen MR) is 64.0 cm³/mol. The average molecular weight is 223 g/mol. The van der Waals surface area contributed by atoms with E-state index in [0.717, 1.165) is 39.1 Å². The van der Waals surface area contributed by atoms with Gasteiger partial charge in [-0.1, -0.05) is 0 Å². The maximum atomic E-state index is 4.16. The van der Waals surface area contributed by atoms with Gasteiger partial charge >= 0.3 is 0 Å². The van der Waals surface area contributed by atoms with E-state index < -0.39 is 0 Å². The van der Waals surface area contributed by atoms with Crippen LogP contribution in [0.15, 0.2) is 12.3 Å². The molecule has 0 unspecified atom stereocenters. The van der Waals surface area contributed by atoms with Gasteiger partial charge in [0.15, 0.2) is 0 Å². The molecule has 1 fully saturated rings. The topological polar surface area (TPSA) is 36.3 Å². The van der Waals surface area contributed by atoms with Crippen LogP contribution in [0.5, 0.6) is 0 Å². The maximum absolute atomic E-state index is 4.16. The second-order valence-corrected chi connectivity index (χ2v) is 4.39. The number of nitrogens with one attached hydrogen (secondary N) is 1. The largest absolute Gasteiger partial charge is 0.304 e. The molecule has 0 amide bonds. The third-order valence-electron chi connectivity index (χ3n) is 3.14. The van der Waals surface area contributed by atoms with Gasteiger partial charge in [-0.15, -0.1) is 0 Å². The monoisotopic (exact) mass is 223 g/mol. The van der Waals surface area contributed by atoms with Crippen LogP contribution in [0.25, 0.3) is 0 Å². The van der Waals surface area contributed by atoms with Gasteiger partial charge in [0.25, 0.3) is 0 Å². The van der Waals surface area contributed by atoms with Gasteiger partial charge in [-0.2, -0.15) is 5.10 Å². The lowest BCUT2D eigenvalue weighted by Gasteiger charge is -2.32. The van der Waals surface area contributed by atoms with Gasteiger partial charge in [-0.25, -0.2) is 5.01 Å². The number of hydrazine groups is 1. The van der Waals surface area contributed by atoms with Gasteiger partial charge in [0.05, 0.1) is 0 Å². The molecule has 2 rings (SSSR count). The molecule has 1 aliphatic heterocycles. The minimum atomic E-state index is 0.989. The molecule has 90 valence electrons. The summed E-state index contributed by atoms with van der Waals surface area (Å²) in [5.74, 6) is 0. The minimum Gasteiger partial charge on any atom is -0.304 e. The SMILES string of the molecule is CN1CCN(NCCc2ccnn2C)CC1. The normalized spacial score (nSPS) is 19.1. The summed E-state index contributed by atoms with van der Waals surface area (Å²) < 4.78 is 1.94. The Morgan fingerprint density at radius 2 is 2.00 bits per heavy atom. The van der Waals surface area contributed by atoms with E-state index in [0.29, 0.717) is 0 Å². The molecule has 0 aromatic carbocycles. The Morgan fingerprint density at radius 1 is 1.25 bits per heavy atom. The van der Waals surface area contributed by atoms with Gasteiger partial charge in [0, 0.05) is 58.1 Å². The Hall–Kier alpha value is -0.910. The number of nitrogens with zero attached hydrogens (tertiary/aromatic N) is 4. The second kappa shape index (κ2) is 5.43. The molecule has 5 heteroatoms. The van der Waals surface area contributed by atoms with Gasteiger partial charge < -0.3 is 4.90 Å². The van der Waals surface area contributed by atoms with Crippen LogP contribution in [0.3, 0.4) is 0 Å². The molecule has 1 saturated heterocycles. The molecule has 0 aliphatic carbocycles. The molecule has 0 saturated carbocycles. The molecular formula is C11H21N5. The fourth-order valence-corrected chi connectivity index (χ4v) is 1.95. The van der Waals surface area contributed by atoms with Crippen LogP contribution in [0.2, 0.25) is 0 Å². The Balaban J connectivity index is 1.67. The summed E-state index contributed by atoms with van der Waals surface area (Å²) in [6, 6.07) is 2.08. The van der Waals surface area contributed by atoms with Crippen molar-refractivity contribution >= 4 is 0 Å². The molecule has 2 heterocycles. The zero-order chi connectivity index (χ0) is 11.4. The van der Waals surface area contributed by atoms with Gasteiger partial charge in [-0.05, 0) is 13.1 Å². The number of rotatable bonds is 4. The van der Waals surface area contributed by atoms with Crippen LogP contribution in [0, 0.1) is 0 Å². The Morgan fingerprint density at radius 3 is 2.62 bits per heavy atom. The molecule has 0 radical (unpaired) electrons. The van der Waals surface area contributed by atoms with E-state index in [9.17, 15) is 0 Å². The van der Waals surface area contributed by atoms with Gasteiger partial charge in [0.2, 0.25) is 0 Å². The molecule has 1 aromatic heterocycles. The zero-order valence-corrected chi connectivity index (χ0v) is 10.2. The van der Waals surface area contributed by atoms with E-state index in [1.165, 1.54) is 5.69 Å². The smallest absolute Gasteiger partial charge is 0.0492 e. The lowest BCUT2D eigenvalue weighted by atomic mass is 10.3. The third-order valence-corrected chi connectivity index (χ3v) is 3.14. The van der Waals surface area contributed by atoms with Crippen molar-refractivity contribution in [2.24, 2.45) is 7.05 Å². The van der Waals surface area contributed by atoms with E-state index in [4.69, 9.17) is 0 Å². The van der Waals surface area contributed by atoms with Crippen LogP contribution >= 0.6 is 0 Å². The maximum Gasteiger partial charge on any atom is 0.0492 e. The molecular weight excluding hydrogens is 202 g/mol. The molecule has 1 aliphatic rings. The highest BCUT2D eigenvalue weighted by atomic mass is 15.5. The highest BCUT2D eigenvalue weighted by Crippen LogP contribution is 1.98. The van der Waals surface area contributed by atoms with E-state index in [-0.39, 0.29) is 0 Å².